The Morgan fingerprint density at radius 3 is 2.56 bits per heavy atom. The molecule has 0 aliphatic rings. The first kappa shape index (κ1) is 19.6. The topological polar surface area (TPSA) is 84.6 Å². The van der Waals surface area contributed by atoms with Crippen LogP contribution in [0.15, 0.2) is 21.6 Å². The summed E-state index contributed by atoms with van der Waals surface area (Å²) in [4.78, 5) is 8.46. The maximum Gasteiger partial charge on any atom is 0.248 e. The predicted octanol–water partition coefficient (Wildman–Crippen LogP) is 3.47. The number of ether oxygens (including phenoxy) is 1. The minimum absolute atomic E-state index is 0.284. The molecule has 0 unspecified atom stereocenters. The highest BCUT2D eigenvalue weighted by Crippen LogP contribution is 2.35. The van der Waals surface area contributed by atoms with Gasteiger partial charge >= 0.3 is 0 Å². The van der Waals surface area contributed by atoms with Gasteiger partial charge in [0, 0.05) is 11.6 Å². The van der Waals surface area contributed by atoms with Crippen molar-refractivity contribution in [2.24, 2.45) is 4.99 Å². The molecule has 0 atom stereocenters. The normalized spacial score (nSPS) is 11.5. The van der Waals surface area contributed by atoms with Crippen molar-refractivity contribution in [1.29, 1.82) is 0 Å². The number of halogens is 3. The van der Waals surface area contributed by atoms with E-state index in [0.717, 1.165) is 0 Å². The summed E-state index contributed by atoms with van der Waals surface area (Å²) in [5.74, 6) is 2.03. The molecule has 1 aromatic carbocycles. The number of rotatable bonds is 7. The fourth-order valence-corrected chi connectivity index (χ4v) is 2.81. The van der Waals surface area contributed by atoms with Gasteiger partial charge in [0.05, 0.1) is 16.6 Å². The maximum atomic E-state index is 6.07. The minimum atomic E-state index is 0.284. The molecule has 2 aromatic rings. The molecule has 136 valence electrons. The Balaban J connectivity index is 1.85. The van der Waals surface area contributed by atoms with Crippen LogP contribution in [-0.4, -0.2) is 35.8 Å². The van der Waals surface area contributed by atoms with Gasteiger partial charge in [-0.1, -0.05) is 40.0 Å². The Kier molecular flexibility index (Phi) is 7.61. The molecule has 25 heavy (non-hydrogen) atoms. The highest BCUT2D eigenvalue weighted by Gasteiger charge is 2.09. The molecule has 0 spiro atoms. The summed E-state index contributed by atoms with van der Waals surface area (Å²) in [6.45, 7) is 5.55. The van der Waals surface area contributed by atoms with E-state index >= 15 is 0 Å². The van der Waals surface area contributed by atoms with Gasteiger partial charge in [0.2, 0.25) is 5.89 Å². The first-order valence-corrected chi connectivity index (χ1v) is 8.71. The predicted molar refractivity (Wildman–Crippen MR) is 98.8 cm³/mol. The Morgan fingerprint density at radius 2 is 1.96 bits per heavy atom. The Morgan fingerprint density at radius 1 is 1.24 bits per heavy atom. The molecule has 0 radical (unpaired) electrons. The van der Waals surface area contributed by atoms with Crippen molar-refractivity contribution in [1.82, 2.24) is 20.8 Å². The fourth-order valence-electron chi connectivity index (χ4n) is 1.88. The lowest BCUT2D eigenvalue weighted by molar-refractivity contribution is 0.322. The molecule has 0 fully saturated rings. The lowest BCUT2D eigenvalue weighted by Gasteiger charge is -2.13. The van der Waals surface area contributed by atoms with Gasteiger partial charge in [-0.25, -0.2) is 4.99 Å². The molecule has 7 nitrogen and oxygen atoms in total. The number of aryl methyl sites for hydroxylation is 1. The molecule has 1 aromatic heterocycles. The lowest BCUT2D eigenvalue weighted by Crippen LogP contribution is -2.39. The summed E-state index contributed by atoms with van der Waals surface area (Å²) in [6.07, 6.45) is 0. The molecule has 1 heterocycles. The van der Waals surface area contributed by atoms with Crippen LogP contribution in [0.4, 0.5) is 0 Å². The first-order chi connectivity index (χ1) is 12.0. The Hall–Kier alpha value is -1.70. The Labute approximate surface area is 160 Å². The number of aromatic nitrogens is 2. The van der Waals surface area contributed by atoms with Crippen LogP contribution in [0.25, 0.3) is 0 Å². The first-order valence-electron chi connectivity index (χ1n) is 7.58. The number of nitrogens with zero attached hydrogens (tertiary/aromatic N) is 3. The zero-order chi connectivity index (χ0) is 18.2. The monoisotopic (exact) mass is 405 g/mol. The number of hydrogen-bond acceptors (Lipinski definition) is 5. The third kappa shape index (κ3) is 6.26. The van der Waals surface area contributed by atoms with Crippen molar-refractivity contribution in [3.05, 3.63) is 38.9 Å². The average molecular weight is 407 g/mol. The van der Waals surface area contributed by atoms with E-state index in [1.807, 2.05) is 6.92 Å². The SMILES string of the molecule is CCNC(=NCc1nc(C)no1)NCCOc1c(Cl)cc(Cl)cc1Cl. The molecule has 0 aliphatic heterocycles. The van der Waals surface area contributed by atoms with Crippen LogP contribution >= 0.6 is 34.8 Å². The van der Waals surface area contributed by atoms with Crippen molar-refractivity contribution in [3.8, 4) is 5.75 Å². The molecule has 0 saturated carbocycles. The van der Waals surface area contributed by atoms with Crippen LogP contribution in [0.5, 0.6) is 5.75 Å². The van der Waals surface area contributed by atoms with Gasteiger partial charge in [0.25, 0.3) is 0 Å². The number of benzene rings is 1. The van der Waals surface area contributed by atoms with Crippen LogP contribution in [0.2, 0.25) is 15.1 Å². The summed E-state index contributed by atoms with van der Waals surface area (Å²) >= 11 is 18.0. The van der Waals surface area contributed by atoms with Gasteiger partial charge < -0.3 is 19.9 Å². The fraction of sp³-hybridized carbons (Fsp3) is 0.400. The van der Waals surface area contributed by atoms with Gasteiger partial charge in [-0.3, -0.25) is 0 Å². The van der Waals surface area contributed by atoms with Crippen LogP contribution in [-0.2, 0) is 6.54 Å². The molecular formula is C15H18Cl3N5O2. The second-order valence-corrected chi connectivity index (χ2v) is 6.16. The standard InChI is InChI=1S/C15H18Cl3N5O2/c1-3-19-15(21-8-13-22-9(2)23-25-13)20-4-5-24-14-11(17)6-10(16)7-12(14)18/h6-7H,3-5,8H2,1-2H3,(H2,19,20,21). The summed E-state index contributed by atoms with van der Waals surface area (Å²) in [6, 6.07) is 3.16. The summed E-state index contributed by atoms with van der Waals surface area (Å²) < 4.78 is 10.6. The number of aliphatic imine (C=N–C) groups is 1. The smallest absolute Gasteiger partial charge is 0.248 e. The van der Waals surface area contributed by atoms with Crippen LogP contribution in [0, 0.1) is 6.92 Å². The third-order valence-corrected chi connectivity index (χ3v) is 3.67. The van der Waals surface area contributed by atoms with Crippen molar-refractivity contribution < 1.29 is 9.26 Å². The zero-order valence-corrected chi connectivity index (χ0v) is 16.0. The molecule has 0 saturated heterocycles. The van der Waals surface area contributed by atoms with E-state index in [4.69, 9.17) is 44.1 Å². The average Bonchev–Trinajstić information content (AvgIpc) is 2.96. The molecule has 10 heteroatoms. The summed E-state index contributed by atoms with van der Waals surface area (Å²) in [7, 11) is 0. The van der Waals surface area contributed by atoms with E-state index in [2.05, 4.69) is 25.8 Å². The van der Waals surface area contributed by atoms with E-state index in [1.54, 1.807) is 19.1 Å². The summed E-state index contributed by atoms with van der Waals surface area (Å²) in [5.41, 5.74) is 0. The Bertz CT molecular complexity index is 713. The van der Waals surface area contributed by atoms with E-state index in [9.17, 15) is 0 Å². The number of hydrogen-bond donors (Lipinski definition) is 2. The molecule has 2 N–H and O–H groups in total. The quantitative estimate of drug-likeness (QED) is 0.416. The van der Waals surface area contributed by atoms with Crippen molar-refractivity contribution in [2.45, 2.75) is 20.4 Å². The molecule has 0 aliphatic carbocycles. The van der Waals surface area contributed by atoms with E-state index in [1.165, 1.54) is 0 Å². The second-order valence-electron chi connectivity index (χ2n) is 4.90. The van der Waals surface area contributed by atoms with Crippen LogP contribution < -0.4 is 15.4 Å². The van der Waals surface area contributed by atoms with E-state index in [-0.39, 0.29) is 6.54 Å². The third-order valence-electron chi connectivity index (χ3n) is 2.89. The van der Waals surface area contributed by atoms with Crippen molar-refractivity contribution in [3.63, 3.8) is 0 Å². The lowest BCUT2D eigenvalue weighted by atomic mass is 10.3. The van der Waals surface area contributed by atoms with Gasteiger partial charge in [0.1, 0.15) is 13.2 Å². The number of nitrogens with one attached hydrogen (secondary N) is 2. The van der Waals surface area contributed by atoms with Gasteiger partial charge in [-0.2, -0.15) is 4.98 Å². The van der Waals surface area contributed by atoms with Gasteiger partial charge in [-0.15, -0.1) is 0 Å². The van der Waals surface area contributed by atoms with Gasteiger partial charge in [0.15, 0.2) is 17.5 Å². The van der Waals surface area contributed by atoms with E-state index < -0.39 is 0 Å². The maximum absolute atomic E-state index is 6.07. The molecule has 0 amide bonds. The largest absolute Gasteiger partial charge is 0.489 e. The zero-order valence-electron chi connectivity index (χ0n) is 13.8. The second kappa shape index (κ2) is 9.70. The highest BCUT2D eigenvalue weighted by atomic mass is 35.5. The molecule has 2 rings (SSSR count). The van der Waals surface area contributed by atoms with Crippen molar-refractivity contribution in [2.75, 3.05) is 19.7 Å². The van der Waals surface area contributed by atoms with Crippen LogP contribution in [0.3, 0.4) is 0 Å². The number of guanidine groups is 1. The van der Waals surface area contributed by atoms with Crippen LogP contribution in [0.1, 0.15) is 18.6 Å². The van der Waals surface area contributed by atoms with Crippen molar-refractivity contribution >= 4 is 40.8 Å². The van der Waals surface area contributed by atoms with E-state index in [0.29, 0.717) is 58.2 Å². The summed E-state index contributed by atoms with van der Waals surface area (Å²) in [5, 5.41) is 11.2. The molecular weight excluding hydrogens is 389 g/mol. The molecule has 0 bridgehead atoms. The van der Waals surface area contributed by atoms with Gasteiger partial charge in [-0.05, 0) is 26.0 Å². The minimum Gasteiger partial charge on any atom is -0.489 e. The highest BCUT2D eigenvalue weighted by molar-refractivity contribution is 6.40.